The van der Waals surface area contributed by atoms with Gasteiger partial charge in [-0.25, -0.2) is 13.5 Å². The number of allylic oxidation sites excluding steroid dienone is 1. The minimum absolute atomic E-state index is 0.108. The van der Waals surface area contributed by atoms with Crippen LogP contribution in [0.3, 0.4) is 0 Å². The Labute approximate surface area is 285 Å². The molecular weight excluding hydrogens is 680 g/mol. The summed E-state index contributed by atoms with van der Waals surface area (Å²) in [5, 5.41) is 11.2. The van der Waals surface area contributed by atoms with Crippen LogP contribution in [-0.4, -0.2) is 50.9 Å². The molecule has 0 aliphatic carbocycles. The molecule has 5 nitrogen and oxygen atoms in total. The van der Waals surface area contributed by atoms with Gasteiger partial charge in [0.2, 0.25) is 0 Å². The van der Waals surface area contributed by atoms with Crippen LogP contribution >= 0.6 is 34.8 Å². The van der Waals surface area contributed by atoms with E-state index in [0.29, 0.717) is 46.3 Å². The first-order chi connectivity index (χ1) is 21.9. The second-order valence-corrected chi connectivity index (χ2v) is 12.8. The number of aromatic nitrogens is 3. The predicted molar refractivity (Wildman–Crippen MR) is 181 cm³/mol. The number of hydrogen-bond acceptors (Lipinski definition) is 4. The summed E-state index contributed by atoms with van der Waals surface area (Å²) >= 11 is 17.9. The van der Waals surface area contributed by atoms with E-state index in [1.54, 1.807) is 24.3 Å². The highest BCUT2D eigenvalue weighted by molar-refractivity contribution is 6.48. The van der Waals surface area contributed by atoms with Gasteiger partial charge < -0.3 is 10.2 Å². The lowest BCUT2D eigenvalue weighted by molar-refractivity contribution is -0.139. The van der Waals surface area contributed by atoms with Gasteiger partial charge in [0, 0.05) is 29.1 Å². The zero-order valence-corrected chi connectivity index (χ0v) is 28.3. The Morgan fingerprint density at radius 3 is 2.26 bits per heavy atom. The van der Waals surface area contributed by atoms with Gasteiger partial charge >= 0.3 is 6.18 Å². The fraction of sp³-hybridized carbons (Fsp3) is 0.294. The monoisotopic (exact) mass is 711 g/mol. The Morgan fingerprint density at radius 1 is 1.02 bits per heavy atom. The number of benzene rings is 3. The average molecular weight is 713 g/mol. The molecule has 4 rings (SSSR count). The minimum atomic E-state index is -4.89. The molecular formula is C34H33Cl3F5N5. The third kappa shape index (κ3) is 8.47. The lowest BCUT2D eigenvalue weighted by Crippen LogP contribution is -2.41. The fourth-order valence-corrected chi connectivity index (χ4v) is 5.71. The number of alkyl halides is 4. The van der Waals surface area contributed by atoms with E-state index < -0.39 is 29.6 Å². The Balaban J connectivity index is 1.78. The molecule has 1 heterocycles. The first-order valence-corrected chi connectivity index (χ1v) is 15.7. The van der Waals surface area contributed by atoms with Crippen molar-refractivity contribution >= 4 is 57.4 Å². The van der Waals surface area contributed by atoms with Crippen molar-refractivity contribution in [2.45, 2.75) is 51.5 Å². The van der Waals surface area contributed by atoms with Crippen molar-refractivity contribution in [2.24, 2.45) is 0 Å². The van der Waals surface area contributed by atoms with Crippen LogP contribution < -0.4 is 5.32 Å². The molecule has 0 radical (unpaired) electrons. The van der Waals surface area contributed by atoms with Gasteiger partial charge in [0.1, 0.15) is 22.9 Å². The summed E-state index contributed by atoms with van der Waals surface area (Å²) in [6.07, 6.45) is -4.43. The van der Waals surface area contributed by atoms with Crippen LogP contribution in [0.4, 0.5) is 22.0 Å². The fourth-order valence-electron chi connectivity index (χ4n) is 5.10. The van der Waals surface area contributed by atoms with Crippen molar-refractivity contribution in [3.8, 4) is 5.69 Å². The summed E-state index contributed by atoms with van der Waals surface area (Å²) in [5.74, 6) is -3.54. The Kier molecular flexibility index (Phi) is 11.0. The van der Waals surface area contributed by atoms with Crippen molar-refractivity contribution in [1.29, 1.82) is 0 Å². The molecule has 0 saturated carbocycles. The number of nitrogens with one attached hydrogen (secondary N) is 1. The van der Waals surface area contributed by atoms with E-state index in [1.165, 1.54) is 36.7 Å². The third-order valence-corrected chi connectivity index (χ3v) is 8.65. The molecule has 47 heavy (non-hydrogen) atoms. The Bertz CT molecular complexity index is 1800. The molecule has 1 aromatic heterocycles. The molecule has 0 aliphatic heterocycles. The van der Waals surface area contributed by atoms with E-state index in [4.69, 9.17) is 34.8 Å². The maximum Gasteiger partial charge on any atom is 0.399 e. The summed E-state index contributed by atoms with van der Waals surface area (Å²) < 4.78 is 74.5. The maximum atomic E-state index is 15.9. The zero-order valence-electron chi connectivity index (χ0n) is 26.1. The van der Waals surface area contributed by atoms with E-state index in [9.17, 15) is 17.6 Å². The summed E-state index contributed by atoms with van der Waals surface area (Å²) in [7, 11) is 0. The summed E-state index contributed by atoms with van der Waals surface area (Å²) in [6, 6.07) is 12.9. The molecule has 1 N–H and O–H groups in total. The molecule has 13 heteroatoms. The molecule has 0 aliphatic rings. The summed E-state index contributed by atoms with van der Waals surface area (Å²) in [5.41, 5.74) is 0.899. The zero-order chi connectivity index (χ0) is 34.8. The lowest BCUT2D eigenvalue weighted by atomic mass is 9.96. The highest BCUT2D eigenvalue weighted by atomic mass is 35.5. The van der Waals surface area contributed by atoms with Crippen molar-refractivity contribution in [3.05, 3.63) is 111 Å². The van der Waals surface area contributed by atoms with Crippen LogP contribution in [0.5, 0.6) is 0 Å². The van der Waals surface area contributed by atoms with Gasteiger partial charge in [0.25, 0.3) is 0 Å². The number of hydrogen-bond donors (Lipinski definition) is 1. The lowest BCUT2D eigenvalue weighted by Gasteiger charge is -2.33. The van der Waals surface area contributed by atoms with Crippen LogP contribution in [0, 0.1) is 0 Å². The third-order valence-electron chi connectivity index (χ3n) is 7.45. The molecule has 2 atom stereocenters. The van der Waals surface area contributed by atoms with E-state index >= 15 is 4.39 Å². The van der Waals surface area contributed by atoms with Crippen molar-refractivity contribution < 1.29 is 22.0 Å². The van der Waals surface area contributed by atoms with Gasteiger partial charge in [-0.2, -0.15) is 13.2 Å². The Hall–Kier alpha value is -3.60. The number of rotatable bonds is 12. The van der Waals surface area contributed by atoms with Crippen LogP contribution in [0.25, 0.3) is 28.2 Å². The van der Waals surface area contributed by atoms with Gasteiger partial charge in [-0.05, 0) is 69.7 Å². The van der Waals surface area contributed by atoms with E-state index in [1.807, 2.05) is 18.7 Å². The van der Waals surface area contributed by atoms with Gasteiger partial charge in [0.15, 0.2) is 0 Å². The summed E-state index contributed by atoms with van der Waals surface area (Å²) in [4.78, 5) is 1.82. The van der Waals surface area contributed by atoms with Crippen molar-refractivity contribution in [3.63, 3.8) is 0 Å². The van der Waals surface area contributed by atoms with Crippen molar-refractivity contribution in [1.82, 2.24) is 25.2 Å². The molecule has 0 spiro atoms. The molecule has 0 amide bonds. The maximum absolute atomic E-state index is 15.9. The van der Waals surface area contributed by atoms with E-state index in [2.05, 4.69) is 28.8 Å². The standard InChI is InChI=1S/C34H33Cl3F5N5/c1-7-46(18-33(5,6)39)21(4)19(2)43-20(3)24-13-12-22(16-31(24)47-30-11-9-8-10-29(30)44-45-47)28(38)17-25(34(40,41)42)23-14-26(35)32(37)27(36)15-23/h8-17,19,25,43H,3-4,7,18H2,1-2,5-6H3/b28-17-. The SMILES string of the molecule is C=C(NC(C)C(=C)N(CC)CC(C)(C)F)c1ccc(/C(F)=C/C(c2cc(Cl)c(Cl)c(Cl)c2)C(F)(F)F)cc1-n1nnc2ccccc21. The van der Waals surface area contributed by atoms with Crippen LogP contribution in [0.15, 0.2) is 79.5 Å². The van der Waals surface area contributed by atoms with E-state index in [0.717, 1.165) is 12.1 Å². The first kappa shape index (κ1) is 36.2. The predicted octanol–water partition coefficient (Wildman–Crippen LogP) is 10.6. The molecule has 4 aromatic rings. The molecule has 0 bridgehead atoms. The molecule has 3 aromatic carbocycles. The normalized spacial score (nSPS) is 13.8. The Morgan fingerprint density at radius 2 is 1.66 bits per heavy atom. The van der Waals surface area contributed by atoms with Gasteiger partial charge in [-0.3, -0.25) is 0 Å². The molecule has 0 saturated heterocycles. The second kappa shape index (κ2) is 14.3. The van der Waals surface area contributed by atoms with Gasteiger partial charge in [-0.15, -0.1) is 5.10 Å². The van der Waals surface area contributed by atoms with Gasteiger partial charge in [-0.1, -0.05) is 77.4 Å². The second-order valence-electron chi connectivity index (χ2n) is 11.6. The number of para-hydroxylation sites is 1. The number of nitrogens with zero attached hydrogens (tertiary/aromatic N) is 4. The van der Waals surface area contributed by atoms with Crippen molar-refractivity contribution in [2.75, 3.05) is 13.1 Å². The largest absolute Gasteiger partial charge is 0.399 e. The molecule has 2 unspecified atom stereocenters. The highest BCUT2D eigenvalue weighted by Gasteiger charge is 2.40. The molecule has 250 valence electrons. The average Bonchev–Trinajstić information content (AvgIpc) is 3.43. The quantitative estimate of drug-likeness (QED) is 0.117. The van der Waals surface area contributed by atoms with Crippen LogP contribution in [-0.2, 0) is 0 Å². The summed E-state index contributed by atoms with van der Waals surface area (Å²) in [6.45, 7) is 15.7. The smallest absolute Gasteiger partial charge is 0.377 e. The molecule has 0 fully saturated rings. The number of halogens is 8. The number of likely N-dealkylation sites (N-methyl/N-ethyl adjacent to an activating group) is 1. The van der Waals surface area contributed by atoms with Crippen LogP contribution in [0.2, 0.25) is 15.1 Å². The number of fused-ring (bicyclic) bond motifs is 1. The topological polar surface area (TPSA) is 46.0 Å². The van der Waals surface area contributed by atoms with Gasteiger partial charge in [0.05, 0.1) is 38.9 Å². The van der Waals surface area contributed by atoms with Crippen LogP contribution in [0.1, 0.15) is 50.3 Å². The first-order valence-electron chi connectivity index (χ1n) is 14.5. The van der Waals surface area contributed by atoms with E-state index in [-0.39, 0.29) is 32.7 Å². The minimum Gasteiger partial charge on any atom is -0.377 e. The highest BCUT2D eigenvalue weighted by Crippen LogP contribution is 2.42.